The summed E-state index contributed by atoms with van der Waals surface area (Å²) in [5.74, 6) is -0.425. The maximum atomic E-state index is 12.0. The monoisotopic (exact) mass is 379 g/mol. The largest absolute Gasteiger partial charge is 0.484 e. The van der Waals surface area contributed by atoms with Crippen molar-refractivity contribution in [1.82, 2.24) is 5.32 Å². The topological polar surface area (TPSA) is 93.5 Å². The molecule has 27 heavy (non-hydrogen) atoms. The van der Waals surface area contributed by atoms with E-state index in [1.807, 2.05) is 36.4 Å². The van der Waals surface area contributed by atoms with Gasteiger partial charge in [-0.2, -0.15) is 0 Å². The number of rotatable bonds is 5. The molecule has 0 spiro atoms. The molecule has 3 aromatic rings. The summed E-state index contributed by atoms with van der Waals surface area (Å²) in [6.07, 6.45) is 0. The van der Waals surface area contributed by atoms with E-state index in [2.05, 4.69) is 10.6 Å². The fourth-order valence-corrected chi connectivity index (χ4v) is 2.75. The van der Waals surface area contributed by atoms with E-state index >= 15 is 0 Å². The highest BCUT2D eigenvalue weighted by Crippen LogP contribution is 2.20. The predicted molar refractivity (Wildman–Crippen MR) is 109 cm³/mol. The molecule has 0 unspecified atom stereocenters. The smallest absolute Gasteiger partial charge is 0.264 e. The van der Waals surface area contributed by atoms with Crippen LogP contribution in [0.2, 0.25) is 0 Å². The molecule has 3 rings (SSSR count). The number of anilines is 1. The molecule has 0 radical (unpaired) electrons. The first-order valence-electron chi connectivity index (χ1n) is 8.14. The minimum atomic E-state index is -0.591. The van der Waals surface area contributed by atoms with Crippen molar-refractivity contribution in [2.24, 2.45) is 5.73 Å². The fourth-order valence-electron chi connectivity index (χ4n) is 2.53. The van der Waals surface area contributed by atoms with Crippen molar-refractivity contribution in [2.75, 3.05) is 11.9 Å². The number of benzene rings is 3. The van der Waals surface area contributed by atoms with Gasteiger partial charge in [0.2, 0.25) is 0 Å². The molecule has 0 fully saturated rings. The Balaban J connectivity index is 1.55. The van der Waals surface area contributed by atoms with Gasteiger partial charge in [0.05, 0.1) is 11.3 Å². The molecule has 0 atom stereocenters. The van der Waals surface area contributed by atoms with Crippen molar-refractivity contribution in [1.29, 1.82) is 0 Å². The summed E-state index contributed by atoms with van der Waals surface area (Å²) in [7, 11) is 0. The average molecular weight is 379 g/mol. The Morgan fingerprint density at radius 1 is 0.963 bits per heavy atom. The van der Waals surface area contributed by atoms with E-state index in [1.165, 1.54) is 0 Å². The minimum Gasteiger partial charge on any atom is -0.484 e. The number of para-hydroxylation sites is 1. The van der Waals surface area contributed by atoms with E-state index < -0.39 is 11.8 Å². The zero-order chi connectivity index (χ0) is 19.2. The van der Waals surface area contributed by atoms with E-state index in [1.54, 1.807) is 30.3 Å². The van der Waals surface area contributed by atoms with E-state index in [0.29, 0.717) is 11.4 Å². The molecule has 2 amide bonds. The summed E-state index contributed by atoms with van der Waals surface area (Å²) < 4.78 is 5.52. The first-order valence-corrected chi connectivity index (χ1v) is 8.55. The molecule has 3 aromatic carbocycles. The summed E-state index contributed by atoms with van der Waals surface area (Å²) in [5, 5.41) is 7.46. The number of primary amides is 1. The highest BCUT2D eigenvalue weighted by Gasteiger charge is 2.11. The molecule has 0 saturated heterocycles. The van der Waals surface area contributed by atoms with Crippen LogP contribution in [0, 0.1) is 0 Å². The molecule has 0 aliphatic heterocycles. The maximum absolute atomic E-state index is 12.0. The first-order chi connectivity index (χ1) is 13.0. The van der Waals surface area contributed by atoms with Crippen molar-refractivity contribution in [3.8, 4) is 5.75 Å². The quantitative estimate of drug-likeness (QED) is 0.593. The lowest BCUT2D eigenvalue weighted by molar-refractivity contribution is -0.121. The van der Waals surface area contributed by atoms with Gasteiger partial charge >= 0.3 is 0 Å². The number of hydrogen-bond acceptors (Lipinski definition) is 4. The number of hydrogen-bond donors (Lipinski definition) is 3. The van der Waals surface area contributed by atoms with Crippen molar-refractivity contribution in [3.05, 3.63) is 72.3 Å². The lowest BCUT2D eigenvalue weighted by Gasteiger charge is -2.12. The van der Waals surface area contributed by atoms with Crippen molar-refractivity contribution in [3.63, 3.8) is 0 Å². The van der Waals surface area contributed by atoms with Gasteiger partial charge in [-0.05, 0) is 47.3 Å². The molecule has 0 saturated carbocycles. The van der Waals surface area contributed by atoms with Gasteiger partial charge < -0.3 is 15.8 Å². The summed E-state index contributed by atoms with van der Waals surface area (Å²) in [4.78, 5) is 23.5. The molecule has 0 aromatic heterocycles. The second-order valence-corrected chi connectivity index (χ2v) is 6.12. The van der Waals surface area contributed by atoms with Crippen LogP contribution in [-0.2, 0) is 4.79 Å². The van der Waals surface area contributed by atoms with Crippen molar-refractivity contribution >= 4 is 45.6 Å². The van der Waals surface area contributed by atoms with Gasteiger partial charge in [0.25, 0.3) is 11.8 Å². The summed E-state index contributed by atoms with van der Waals surface area (Å²) in [6, 6.07) is 20.1. The summed E-state index contributed by atoms with van der Waals surface area (Å²) >= 11 is 5.10. The molecule has 0 aliphatic carbocycles. The normalized spacial score (nSPS) is 10.2. The Bertz CT molecular complexity index is 1020. The predicted octanol–water partition coefficient (Wildman–Crippen LogP) is 2.83. The number of carbonyl (C=O) groups is 2. The number of fused-ring (bicyclic) bond motifs is 1. The number of nitrogens with two attached hydrogens (primary N) is 1. The van der Waals surface area contributed by atoms with Gasteiger partial charge in [-0.3, -0.25) is 14.9 Å². The average Bonchev–Trinajstić information content (AvgIpc) is 2.66. The molecular formula is C20H17N3O3S. The molecule has 136 valence electrons. The summed E-state index contributed by atoms with van der Waals surface area (Å²) in [6.45, 7) is -0.197. The molecule has 7 heteroatoms. The second-order valence-electron chi connectivity index (χ2n) is 5.71. The zero-order valence-electron chi connectivity index (χ0n) is 14.3. The van der Waals surface area contributed by atoms with Crippen LogP contribution in [0.4, 0.5) is 5.69 Å². The standard InChI is InChI=1S/C20H17N3O3S/c21-19(25)16-7-3-4-8-17(16)22-20(27)23-18(24)12-26-15-10-9-13-5-1-2-6-14(13)11-15/h1-11H,12H2,(H2,21,25)(H2,22,23,24,27). The Labute approximate surface area is 161 Å². The van der Waals surface area contributed by atoms with Gasteiger partial charge in [0.15, 0.2) is 11.7 Å². The highest BCUT2D eigenvalue weighted by atomic mass is 32.1. The minimum absolute atomic E-state index is 0.0517. The van der Waals surface area contributed by atoms with Crippen LogP contribution in [0.1, 0.15) is 10.4 Å². The maximum Gasteiger partial charge on any atom is 0.264 e. The Morgan fingerprint density at radius 3 is 2.44 bits per heavy atom. The Morgan fingerprint density at radius 2 is 1.67 bits per heavy atom. The molecule has 6 nitrogen and oxygen atoms in total. The van der Waals surface area contributed by atoms with Crippen LogP contribution in [0.3, 0.4) is 0 Å². The van der Waals surface area contributed by atoms with E-state index in [-0.39, 0.29) is 17.3 Å². The van der Waals surface area contributed by atoms with Gasteiger partial charge in [0, 0.05) is 0 Å². The third-order valence-electron chi connectivity index (χ3n) is 3.78. The lowest BCUT2D eigenvalue weighted by Crippen LogP contribution is -2.37. The van der Waals surface area contributed by atoms with Crippen molar-refractivity contribution in [2.45, 2.75) is 0 Å². The molecular weight excluding hydrogens is 362 g/mol. The molecule has 4 N–H and O–H groups in total. The molecule has 0 aliphatic rings. The third-order valence-corrected chi connectivity index (χ3v) is 3.99. The number of thiocarbonyl (C=S) groups is 1. The summed E-state index contributed by atoms with van der Waals surface area (Å²) in [5.41, 5.74) is 6.01. The number of amides is 2. The van der Waals surface area contributed by atoms with Gasteiger partial charge in [0.1, 0.15) is 5.75 Å². The van der Waals surface area contributed by atoms with E-state index in [0.717, 1.165) is 10.8 Å². The van der Waals surface area contributed by atoms with Crippen LogP contribution in [0.25, 0.3) is 10.8 Å². The van der Waals surface area contributed by atoms with E-state index in [9.17, 15) is 9.59 Å². The zero-order valence-corrected chi connectivity index (χ0v) is 15.1. The molecule has 0 bridgehead atoms. The number of nitrogens with one attached hydrogen (secondary N) is 2. The SMILES string of the molecule is NC(=O)c1ccccc1NC(=S)NC(=O)COc1ccc2ccccc2c1. The first kappa shape index (κ1) is 18.3. The van der Waals surface area contributed by atoms with Crippen LogP contribution in [0.15, 0.2) is 66.7 Å². The van der Waals surface area contributed by atoms with Gasteiger partial charge in [-0.1, -0.05) is 42.5 Å². The van der Waals surface area contributed by atoms with Crippen LogP contribution in [0.5, 0.6) is 5.75 Å². The van der Waals surface area contributed by atoms with Crippen molar-refractivity contribution < 1.29 is 14.3 Å². The van der Waals surface area contributed by atoms with Crippen LogP contribution >= 0.6 is 12.2 Å². The number of ether oxygens (including phenoxy) is 1. The van der Waals surface area contributed by atoms with Gasteiger partial charge in [-0.25, -0.2) is 0 Å². The number of carbonyl (C=O) groups excluding carboxylic acids is 2. The fraction of sp³-hybridized carbons (Fsp3) is 0.0500. The van der Waals surface area contributed by atoms with E-state index in [4.69, 9.17) is 22.7 Å². The van der Waals surface area contributed by atoms with Crippen LogP contribution < -0.4 is 21.1 Å². The second kappa shape index (κ2) is 8.29. The lowest BCUT2D eigenvalue weighted by atomic mass is 10.1. The van der Waals surface area contributed by atoms with Crippen LogP contribution in [-0.4, -0.2) is 23.5 Å². The third kappa shape index (κ3) is 4.80. The Kier molecular flexibility index (Phi) is 5.63. The molecule has 0 heterocycles. The van der Waals surface area contributed by atoms with Gasteiger partial charge in [-0.15, -0.1) is 0 Å². The highest BCUT2D eigenvalue weighted by molar-refractivity contribution is 7.80. The Hall–Kier alpha value is -3.45.